The van der Waals surface area contributed by atoms with Crippen molar-refractivity contribution in [2.24, 2.45) is 0 Å². The first-order chi connectivity index (χ1) is 11.1. The number of hydrogen-bond acceptors (Lipinski definition) is 3. The number of ether oxygens (including phenoxy) is 1. The predicted octanol–water partition coefficient (Wildman–Crippen LogP) is 3.71. The molecule has 6 heteroatoms. The minimum atomic E-state index is -1.25. The van der Waals surface area contributed by atoms with Crippen molar-refractivity contribution >= 4 is 6.09 Å². The Hall–Kier alpha value is -1.69. The lowest BCUT2D eigenvalue weighted by Crippen LogP contribution is -2.53. The van der Waals surface area contributed by atoms with Crippen LogP contribution in [-0.2, 0) is 10.3 Å². The zero-order chi connectivity index (χ0) is 17.7. The zero-order valence-electron chi connectivity index (χ0n) is 14.2. The fourth-order valence-corrected chi connectivity index (χ4v) is 3.86. The largest absolute Gasteiger partial charge is 0.444 e. The SMILES string of the molecule is CC(C)(C)OC(=O)N1C2CCC1CC(O)(c1ccc(F)c(F)c1)C2. The number of piperidine rings is 1. The second kappa shape index (κ2) is 5.69. The number of halogens is 2. The Bertz CT molecular complexity index is 642. The van der Waals surface area contributed by atoms with E-state index in [1.54, 1.807) is 4.90 Å². The van der Waals surface area contributed by atoms with Gasteiger partial charge in [0, 0.05) is 24.9 Å². The van der Waals surface area contributed by atoms with Gasteiger partial charge in [-0.3, -0.25) is 0 Å². The van der Waals surface area contributed by atoms with Gasteiger partial charge in [0.25, 0.3) is 0 Å². The van der Waals surface area contributed by atoms with Crippen LogP contribution < -0.4 is 0 Å². The Balaban J connectivity index is 1.81. The summed E-state index contributed by atoms with van der Waals surface area (Å²) in [5, 5.41) is 11.0. The summed E-state index contributed by atoms with van der Waals surface area (Å²) in [5.41, 5.74) is -1.47. The topological polar surface area (TPSA) is 49.8 Å². The van der Waals surface area contributed by atoms with Crippen LogP contribution in [0.4, 0.5) is 13.6 Å². The molecule has 2 bridgehead atoms. The third kappa shape index (κ3) is 3.11. The van der Waals surface area contributed by atoms with Crippen LogP contribution in [0.1, 0.15) is 52.0 Å². The molecule has 1 aromatic rings. The van der Waals surface area contributed by atoms with Crippen LogP contribution in [0.25, 0.3) is 0 Å². The molecular weight excluding hydrogens is 316 g/mol. The standard InChI is InChI=1S/C18H23F2NO3/c1-17(2,3)24-16(22)21-12-5-6-13(21)10-18(23,9-12)11-4-7-14(19)15(20)8-11/h4,7-8,12-13,23H,5-6,9-10H2,1-3H3. The van der Waals surface area contributed by atoms with Crippen LogP contribution in [-0.4, -0.2) is 33.8 Å². The molecule has 3 rings (SSSR count). The first-order valence-electron chi connectivity index (χ1n) is 8.28. The van der Waals surface area contributed by atoms with E-state index in [4.69, 9.17) is 4.74 Å². The molecule has 1 N–H and O–H groups in total. The normalized spacial score (nSPS) is 29.7. The number of rotatable bonds is 1. The minimum absolute atomic E-state index is 0.156. The van der Waals surface area contributed by atoms with Crippen molar-refractivity contribution in [1.82, 2.24) is 4.90 Å². The van der Waals surface area contributed by atoms with Crippen LogP contribution in [0, 0.1) is 11.6 Å². The molecule has 0 spiro atoms. The number of hydrogen-bond donors (Lipinski definition) is 1. The van der Waals surface area contributed by atoms with E-state index in [9.17, 15) is 18.7 Å². The smallest absolute Gasteiger partial charge is 0.410 e. The van der Waals surface area contributed by atoms with Crippen molar-refractivity contribution in [3.63, 3.8) is 0 Å². The Labute approximate surface area is 140 Å². The molecule has 132 valence electrons. The van der Waals surface area contributed by atoms with Crippen molar-refractivity contribution < 1.29 is 23.4 Å². The zero-order valence-corrected chi connectivity index (χ0v) is 14.2. The molecule has 1 amide bonds. The monoisotopic (exact) mass is 339 g/mol. The highest BCUT2D eigenvalue weighted by Gasteiger charge is 2.51. The van der Waals surface area contributed by atoms with Gasteiger partial charge in [0.15, 0.2) is 11.6 Å². The van der Waals surface area contributed by atoms with Crippen molar-refractivity contribution in [2.45, 2.75) is 69.7 Å². The van der Waals surface area contributed by atoms with E-state index >= 15 is 0 Å². The number of amides is 1. The molecule has 0 saturated carbocycles. The van der Waals surface area contributed by atoms with E-state index in [0.717, 1.165) is 25.0 Å². The molecular formula is C18H23F2NO3. The van der Waals surface area contributed by atoms with Crippen LogP contribution in [0.15, 0.2) is 18.2 Å². The second-order valence-electron chi connectivity index (χ2n) is 7.84. The molecule has 2 aliphatic heterocycles. The first kappa shape index (κ1) is 17.1. The van der Waals surface area contributed by atoms with Gasteiger partial charge in [-0.05, 0) is 51.3 Å². The molecule has 2 saturated heterocycles. The highest BCUT2D eigenvalue weighted by molar-refractivity contribution is 5.69. The van der Waals surface area contributed by atoms with Gasteiger partial charge in [0.05, 0.1) is 5.60 Å². The lowest BCUT2D eigenvalue weighted by molar-refractivity contribution is -0.0626. The summed E-state index contributed by atoms with van der Waals surface area (Å²) in [6, 6.07) is 3.19. The molecule has 2 atom stereocenters. The molecule has 0 radical (unpaired) electrons. The first-order valence-corrected chi connectivity index (χ1v) is 8.28. The summed E-state index contributed by atoms with van der Waals surface area (Å²) in [6.45, 7) is 5.44. The average molecular weight is 339 g/mol. The number of benzene rings is 1. The minimum Gasteiger partial charge on any atom is -0.444 e. The summed E-state index contributed by atoms with van der Waals surface area (Å²) in [5.74, 6) is -1.90. The van der Waals surface area contributed by atoms with Gasteiger partial charge in [0.2, 0.25) is 0 Å². The molecule has 0 aliphatic carbocycles. The molecule has 2 unspecified atom stereocenters. The van der Waals surface area contributed by atoms with E-state index in [1.165, 1.54) is 6.07 Å². The molecule has 24 heavy (non-hydrogen) atoms. The van der Waals surface area contributed by atoms with Crippen molar-refractivity contribution in [3.05, 3.63) is 35.4 Å². The lowest BCUT2D eigenvalue weighted by Gasteiger charge is -2.44. The lowest BCUT2D eigenvalue weighted by atomic mass is 9.80. The molecule has 4 nitrogen and oxygen atoms in total. The second-order valence-corrected chi connectivity index (χ2v) is 7.84. The van der Waals surface area contributed by atoms with Gasteiger partial charge >= 0.3 is 6.09 Å². The maximum absolute atomic E-state index is 13.5. The summed E-state index contributed by atoms with van der Waals surface area (Å²) < 4.78 is 32.2. The average Bonchev–Trinajstić information content (AvgIpc) is 2.73. The van der Waals surface area contributed by atoms with Gasteiger partial charge in [-0.1, -0.05) is 6.07 Å². The summed E-state index contributed by atoms with van der Waals surface area (Å²) >= 11 is 0. The maximum Gasteiger partial charge on any atom is 0.410 e. The quantitative estimate of drug-likeness (QED) is 0.848. The summed E-state index contributed by atoms with van der Waals surface area (Å²) in [4.78, 5) is 14.1. The molecule has 2 heterocycles. The number of aliphatic hydroxyl groups is 1. The molecule has 2 aliphatic rings. The van der Waals surface area contributed by atoms with Gasteiger partial charge in [-0.25, -0.2) is 13.6 Å². The van der Waals surface area contributed by atoms with Crippen LogP contribution in [0.2, 0.25) is 0 Å². The Morgan fingerprint density at radius 1 is 1.21 bits per heavy atom. The van der Waals surface area contributed by atoms with Gasteiger partial charge in [-0.15, -0.1) is 0 Å². The van der Waals surface area contributed by atoms with Crippen LogP contribution in [0.5, 0.6) is 0 Å². The molecule has 1 aromatic carbocycles. The van der Waals surface area contributed by atoms with Crippen molar-refractivity contribution in [2.75, 3.05) is 0 Å². The van der Waals surface area contributed by atoms with E-state index in [0.29, 0.717) is 18.4 Å². The predicted molar refractivity (Wildman–Crippen MR) is 84.4 cm³/mol. The van der Waals surface area contributed by atoms with E-state index in [-0.39, 0.29) is 18.2 Å². The third-order valence-electron chi connectivity index (χ3n) is 4.83. The van der Waals surface area contributed by atoms with E-state index in [1.807, 2.05) is 20.8 Å². The van der Waals surface area contributed by atoms with Crippen LogP contribution >= 0.6 is 0 Å². The van der Waals surface area contributed by atoms with E-state index < -0.39 is 22.8 Å². The van der Waals surface area contributed by atoms with Crippen molar-refractivity contribution in [1.29, 1.82) is 0 Å². The summed E-state index contributed by atoms with van der Waals surface area (Å²) in [6.07, 6.45) is 1.77. The Kier molecular flexibility index (Phi) is 4.06. The Morgan fingerprint density at radius 3 is 2.29 bits per heavy atom. The highest BCUT2D eigenvalue weighted by atomic mass is 19.2. The molecule has 2 fully saturated rings. The van der Waals surface area contributed by atoms with Gasteiger partial charge in [-0.2, -0.15) is 0 Å². The Morgan fingerprint density at radius 2 is 1.79 bits per heavy atom. The molecule has 0 aromatic heterocycles. The van der Waals surface area contributed by atoms with Gasteiger partial charge in [0.1, 0.15) is 5.60 Å². The number of carbonyl (C=O) groups is 1. The third-order valence-corrected chi connectivity index (χ3v) is 4.83. The fourth-order valence-electron chi connectivity index (χ4n) is 3.86. The summed E-state index contributed by atoms with van der Waals surface area (Å²) in [7, 11) is 0. The van der Waals surface area contributed by atoms with Crippen molar-refractivity contribution in [3.8, 4) is 0 Å². The van der Waals surface area contributed by atoms with Crippen LogP contribution in [0.3, 0.4) is 0 Å². The van der Waals surface area contributed by atoms with Gasteiger partial charge < -0.3 is 14.7 Å². The van der Waals surface area contributed by atoms with E-state index in [2.05, 4.69) is 0 Å². The number of carbonyl (C=O) groups excluding carboxylic acids is 1. The fraction of sp³-hybridized carbons (Fsp3) is 0.611. The highest BCUT2D eigenvalue weighted by Crippen LogP contribution is 2.46. The number of fused-ring (bicyclic) bond motifs is 2. The maximum atomic E-state index is 13.5. The number of nitrogens with zero attached hydrogens (tertiary/aromatic N) is 1.